The van der Waals surface area contributed by atoms with Gasteiger partial charge in [0.05, 0.1) is 16.6 Å². The number of hydrogen-bond donors (Lipinski definition) is 0. The van der Waals surface area contributed by atoms with Gasteiger partial charge < -0.3 is 0 Å². The zero-order chi connectivity index (χ0) is 17.1. The van der Waals surface area contributed by atoms with Crippen LogP contribution in [0.25, 0.3) is 0 Å². The zero-order valence-electron chi connectivity index (χ0n) is 12.5. The number of thioether (sulfide) groups is 1. The molecule has 0 saturated carbocycles. The lowest BCUT2D eigenvalue weighted by Gasteiger charge is -2.18. The average molecular weight is 444 g/mol. The van der Waals surface area contributed by atoms with Gasteiger partial charge in [-0.2, -0.15) is 0 Å². The first-order valence-corrected chi connectivity index (χ1v) is 9.76. The van der Waals surface area contributed by atoms with Crippen molar-refractivity contribution in [1.82, 2.24) is 4.90 Å². The number of nitrogens with zero attached hydrogens (tertiary/aromatic N) is 2. The molecule has 2 aromatic rings. The summed E-state index contributed by atoms with van der Waals surface area (Å²) in [5.41, 5.74) is 1.69. The van der Waals surface area contributed by atoms with E-state index in [0.717, 1.165) is 15.2 Å². The van der Waals surface area contributed by atoms with Crippen LogP contribution in [0, 0.1) is 0 Å². The van der Waals surface area contributed by atoms with Crippen LogP contribution < -0.4 is 0 Å². The molecule has 24 heavy (non-hydrogen) atoms. The highest BCUT2D eigenvalue weighted by atomic mass is 79.9. The van der Waals surface area contributed by atoms with Crippen LogP contribution in [-0.2, 0) is 5.75 Å². The van der Waals surface area contributed by atoms with Gasteiger partial charge in [-0.1, -0.05) is 63.0 Å². The predicted octanol–water partition coefficient (Wildman–Crippen LogP) is 5.50. The molecule has 0 N–H and O–H groups in total. The van der Waals surface area contributed by atoms with Crippen LogP contribution in [0.4, 0.5) is 0 Å². The zero-order valence-corrected chi connectivity index (χ0v) is 16.4. The third kappa shape index (κ3) is 4.14. The molecule has 0 spiro atoms. The van der Waals surface area contributed by atoms with Gasteiger partial charge in [0.2, 0.25) is 0 Å². The molecule has 0 bridgehead atoms. The Bertz CT molecular complexity index is 813. The molecule has 0 aromatic heterocycles. The van der Waals surface area contributed by atoms with Gasteiger partial charge in [-0.25, -0.2) is 0 Å². The van der Waals surface area contributed by atoms with E-state index in [2.05, 4.69) is 20.9 Å². The monoisotopic (exact) mass is 442 g/mol. The summed E-state index contributed by atoms with van der Waals surface area (Å²) in [6.45, 7) is 1.23. The second-order valence-corrected chi connectivity index (χ2v) is 7.84. The number of carbonyl (C=O) groups excluding carboxylic acids is 1. The molecule has 1 heterocycles. The van der Waals surface area contributed by atoms with Crippen LogP contribution in [0.3, 0.4) is 0 Å². The maximum Gasteiger partial charge on any atom is 0.259 e. The molecule has 3 rings (SSSR count). The smallest absolute Gasteiger partial charge is 0.259 e. The summed E-state index contributed by atoms with van der Waals surface area (Å²) in [7, 11) is 0. The van der Waals surface area contributed by atoms with Crippen LogP contribution in [-0.4, -0.2) is 29.1 Å². The third-order valence-electron chi connectivity index (χ3n) is 3.47. The maximum atomic E-state index is 12.7. The molecule has 2 aromatic carbocycles. The van der Waals surface area contributed by atoms with E-state index in [4.69, 9.17) is 23.2 Å². The van der Waals surface area contributed by atoms with Crippen LogP contribution in [0.15, 0.2) is 51.9 Å². The van der Waals surface area contributed by atoms with E-state index in [1.807, 2.05) is 36.4 Å². The Labute approximate surface area is 163 Å². The molecule has 0 fully saturated rings. The molecule has 0 unspecified atom stereocenters. The molecule has 1 aliphatic rings. The predicted molar refractivity (Wildman–Crippen MR) is 105 cm³/mol. The largest absolute Gasteiger partial charge is 0.286 e. The number of rotatable bonds is 3. The second kappa shape index (κ2) is 7.91. The summed E-state index contributed by atoms with van der Waals surface area (Å²) in [6.07, 6.45) is 0. The van der Waals surface area contributed by atoms with Crippen LogP contribution in [0.5, 0.6) is 0 Å². The van der Waals surface area contributed by atoms with E-state index < -0.39 is 0 Å². The van der Waals surface area contributed by atoms with Gasteiger partial charge in [-0.05, 0) is 35.9 Å². The second-order valence-electron chi connectivity index (χ2n) is 5.17. The van der Waals surface area contributed by atoms with E-state index in [9.17, 15) is 4.79 Å². The summed E-state index contributed by atoms with van der Waals surface area (Å²) in [5, 5.41) is 1.81. The lowest BCUT2D eigenvalue weighted by molar-refractivity contribution is 0.0860. The van der Waals surface area contributed by atoms with E-state index in [1.54, 1.807) is 11.0 Å². The van der Waals surface area contributed by atoms with E-state index in [0.29, 0.717) is 34.5 Å². The van der Waals surface area contributed by atoms with Crippen molar-refractivity contribution < 1.29 is 4.79 Å². The standard InChI is InChI=1S/C17H13BrCl2N2OS/c18-13-3-1-2-12(9-13)16(23)22-7-6-21-17(22)24-10-11-4-5-14(19)15(20)8-11/h1-5,8-9H,6-7,10H2. The Kier molecular flexibility index (Phi) is 5.87. The van der Waals surface area contributed by atoms with Crippen LogP contribution >= 0.6 is 50.9 Å². The first-order valence-electron chi connectivity index (χ1n) is 7.23. The van der Waals surface area contributed by atoms with Gasteiger partial charge in [0.15, 0.2) is 5.17 Å². The van der Waals surface area contributed by atoms with Crippen molar-refractivity contribution in [2.75, 3.05) is 13.1 Å². The van der Waals surface area contributed by atoms with Crippen molar-refractivity contribution in [3.63, 3.8) is 0 Å². The molecule has 0 radical (unpaired) electrons. The highest BCUT2D eigenvalue weighted by molar-refractivity contribution is 9.10. The summed E-state index contributed by atoms with van der Waals surface area (Å²) in [5.74, 6) is 0.645. The Balaban J connectivity index is 1.69. The molecule has 1 aliphatic heterocycles. The van der Waals surface area contributed by atoms with Crippen LogP contribution in [0.2, 0.25) is 10.0 Å². The lowest BCUT2D eigenvalue weighted by Crippen LogP contribution is -2.32. The quantitative estimate of drug-likeness (QED) is 0.627. The van der Waals surface area contributed by atoms with Gasteiger partial charge in [-0.15, -0.1) is 0 Å². The maximum absolute atomic E-state index is 12.7. The topological polar surface area (TPSA) is 32.7 Å². The Morgan fingerprint density at radius 1 is 1.21 bits per heavy atom. The van der Waals surface area contributed by atoms with E-state index >= 15 is 0 Å². The fourth-order valence-corrected chi connectivity index (χ4v) is 4.00. The fraction of sp³-hybridized carbons (Fsp3) is 0.176. The Morgan fingerprint density at radius 2 is 2.04 bits per heavy atom. The highest BCUT2D eigenvalue weighted by Gasteiger charge is 2.25. The minimum absolute atomic E-state index is 0.0332. The minimum Gasteiger partial charge on any atom is -0.286 e. The third-order valence-corrected chi connectivity index (χ3v) is 5.79. The SMILES string of the molecule is O=C(c1cccc(Br)c1)N1CCN=C1SCc1ccc(Cl)c(Cl)c1. The van der Waals surface area contributed by atoms with Gasteiger partial charge in [-0.3, -0.25) is 14.7 Å². The summed E-state index contributed by atoms with van der Waals surface area (Å²) in [6, 6.07) is 12.9. The van der Waals surface area contributed by atoms with Crippen molar-refractivity contribution in [1.29, 1.82) is 0 Å². The number of benzene rings is 2. The summed E-state index contributed by atoms with van der Waals surface area (Å²) < 4.78 is 0.884. The molecule has 1 amide bonds. The summed E-state index contributed by atoms with van der Waals surface area (Å²) in [4.78, 5) is 18.9. The van der Waals surface area contributed by atoms with Crippen molar-refractivity contribution in [2.24, 2.45) is 4.99 Å². The molecular formula is C17H13BrCl2N2OS. The molecular weight excluding hydrogens is 431 g/mol. The van der Waals surface area contributed by atoms with Crippen molar-refractivity contribution in [2.45, 2.75) is 5.75 Å². The number of carbonyl (C=O) groups is 1. The minimum atomic E-state index is -0.0332. The molecule has 0 atom stereocenters. The van der Waals surface area contributed by atoms with Gasteiger partial charge in [0.1, 0.15) is 0 Å². The van der Waals surface area contributed by atoms with Crippen LogP contribution in [0.1, 0.15) is 15.9 Å². The summed E-state index contributed by atoms with van der Waals surface area (Å²) >= 11 is 16.9. The number of amides is 1. The molecule has 0 saturated heterocycles. The van der Waals surface area contributed by atoms with Crippen molar-refractivity contribution in [3.05, 3.63) is 68.1 Å². The normalized spacial score (nSPS) is 14.0. The number of aliphatic imine (C=N–C) groups is 1. The van der Waals surface area contributed by atoms with E-state index in [1.165, 1.54) is 11.8 Å². The number of hydrogen-bond acceptors (Lipinski definition) is 3. The van der Waals surface area contributed by atoms with Gasteiger partial charge in [0.25, 0.3) is 5.91 Å². The van der Waals surface area contributed by atoms with Gasteiger partial charge in [0, 0.05) is 22.3 Å². The van der Waals surface area contributed by atoms with Gasteiger partial charge >= 0.3 is 0 Å². The lowest BCUT2D eigenvalue weighted by atomic mass is 10.2. The molecule has 7 heteroatoms. The highest BCUT2D eigenvalue weighted by Crippen LogP contribution is 2.27. The van der Waals surface area contributed by atoms with E-state index in [-0.39, 0.29) is 5.91 Å². The molecule has 3 nitrogen and oxygen atoms in total. The van der Waals surface area contributed by atoms with Crippen molar-refractivity contribution >= 4 is 62.0 Å². The first-order chi connectivity index (χ1) is 11.5. The number of amidine groups is 1. The number of halogens is 3. The Hall–Kier alpha value is -1.01. The first kappa shape index (κ1) is 17.8. The van der Waals surface area contributed by atoms with Crippen molar-refractivity contribution in [3.8, 4) is 0 Å². The molecule has 0 aliphatic carbocycles. The molecule has 124 valence electrons. The Morgan fingerprint density at radius 3 is 2.79 bits per heavy atom. The fourth-order valence-electron chi connectivity index (χ4n) is 2.29. The average Bonchev–Trinajstić information content (AvgIpc) is 3.04.